The zero-order chi connectivity index (χ0) is 21.9. The number of carbonyl (C=O) groups excluding carboxylic acids is 1. The molecule has 2 fully saturated rings. The van der Waals surface area contributed by atoms with Crippen molar-refractivity contribution in [3.63, 3.8) is 0 Å². The zero-order valence-corrected chi connectivity index (χ0v) is 18.5. The quantitative estimate of drug-likeness (QED) is 0.605. The van der Waals surface area contributed by atoms with Crippen molar-refractivity contribution < 1.29 is 18.0 Å². The Hall–Kier alpha value is -1.56. The number of benzene rings is 1. The van der Waals surface area contributed by atoms with Gasteiger partial charge < -0.3 is 4.90 Å². The molecule has 1 amide bonds. The molecule has 1 aromatic carbocycles. The second-order valence-electron chi connectivity index (χ2n) is 9.99. The summed E-state index contributed by atoms with van der Waals surface area (Å²) in [6.45, 7) is 9.17. The zero-order valence-electron chi connectivity index (χ0n) is 18.5. The Bertz CT molecular complexity index is 701. The van der Waals surface area contributed by atoms with E-state index >= 15 is 0 Å². The molecule has 1 unspecified atom stereocenters. The normalized spacial score (nSPS) is 21.9. The third kappa shape index (κ3) is 6.22. The lowest BCUT2D eigenvalue weighted by Crippen LogP contribution is -2.43. The topological polar surface area (TPSA) is 23.6 Å². The van der Waals surface area contributed by atoms with Gasteiger partial charge in [0.05, 0.1) is 12.6 Å². The molecule has 168 valence electrons. The van der Waals surface area contributed by atoms with Gasteiger partial charge in [-0.3, -0.25) is 9.69 Å². The number of hydrogen-bond donors (Lipinski definition) is 0. The molecule has 0 bridgehead atoms. The van der Waals surface area contributed by atoms with Gasteiger partial charge in [0.25, 0.3) is 0 Å². The second kappa shape index (κ2) is 9.29. The molecular weight excluding hydrogens is 389 g/mol. The highest BCUT2D eigenvalue weighted by Gasteiger charge is 2.33. The van der Waals surface area contributed by atoms with Crippen LogP contribution in [-0.2, 0) is 10.2 Å². The minimum atomic E-state index is -4.07. The van der Waals surface area contributed by atoms with Gasteiger partial charge in [0.1, 0.15) is 0 Å². The third-order valence-corrected chi connectivity index (χ3v) is 6.64. The van der Waals surface area contributed by atoms with Crippen LogP contribution in [0.2, 0.25) is 0 Å². The molecule has 2 aliphatic heterocycles. The lowest BCUT2D eigenvalue weighted by Gasteiger charge is -2.34. The molecule has 1 aromatic rings. The van der Waals surface area contributed by atoms with Gasteiger partial charge in [0, 0.05) is 13.0 Å². The number of alkyl halides is 3. The smallest absolute Gasteiger partial charge is 0.335 e. The minimum Gasteiger partial charge on any atom is -0.335 e. The number of halogens is 3. The molecule has 6 heteroatoms. The average molecular weight is 425 g/mol. The van der Waals surface area contributed by atoms with E-state index in [4.69, 9.17) is 0 Å². The molecule has 3 nitrogen and oxygen atoms in total. The van der Waals surface area contributed by atoms with Crippen molar-refractivity contribution in [3.8, 4) is 0 Å². The minimum absolute atomic E-state index is 0.107. The van der Waals surface area contributed by atoms with E-state index in [1.807, 2.05) is 4.90 Å². The predicted molar refractivity (Wildman–Crippen MR) is 113 cm³/mol. The van der Waals surface area contributed by atoms with Gasteiger partial charge >= 0.3 is 6.18 Å². The largest absolute Gasteiger partial charge is 0.389 e. The average Bonchev–Trinajstić information content (AvgIpc) is 3.16. The van der Waals surface area contributed by atoms with E-state index in [9.17, 15) is 18.0 Å². The summed E-state index contributed by atoms with van der Waals surface area (Å²) in [5.74, 6) is 0.269. The summed E-state index contributed by atoms with van der Waals surface area (Å²) < 4.78 is 37.3. The molecule has 0 spiro atoms. The van der Waals surface area contributed by atoms with Crippen molar-refractivity contribution in [2.75, 3.05) is 26.2 Å². The first-order valence-electron chi connectivity index (χ1n) is 11.2. The van der Waals surface area contributed by atoms with Gasteiger partial charge in [-0.05, 0) is 67.7 Å². The Morgan fingerprint density at radius 2 is 1.63 bits per heavy atom. The number of hydrogen-bond acceptors (Lipinski definition) is 2. The van der Waals surface area contributed by atoms with Crippen LogP contribution in [-0.4, -0.2) is 48.1 Å². The fourth-order valence-electron chi connectivity index (χ4n) is 4.70. The molecule has 2 saturated heterocycles. The van der Waals surface area contributed by atoms with Gasteiger partial charge in [-0.15, -0.1) is 0 Å². The number of piperidine rings is 1. The Kier molecular flexibility index (Phi) is 7.16. The maximum Gasteiger partial charge on any atom is 0.389 e. The summed E-state index contributed by atoms with van der Waals surface area (Å²) in [5, 5.41) is 0. The summed E-state index contributed by atoms with van der Waals surface area (Å²) in [6.07, 6.45) is -1.05. The lowest BCUT2D eigenvalue weighted by atomic mass is 9.86. The van der Waals surface area contributed by atoms with Crippen LogP contribution in [0.1, 0.15) is 76.5 Å². The van der Waals surface area contributed by atoms with Crippen LogP contribution in [0.5, 0.6) is 0 Å². The van der Waals surface area contributed by atoms with Crippen LogP contribution in [0.3, 0.4) is 0 Å². The van der Waals surface area contributed by atoms with Crippen molar-refractivity contribution in [3.05, 3.63) is 35.4 Å². The number of nitrogens with zero attached hydrogens (tertiary/aromatic N) is 2. The monoisotopic (exact) mass is 424 g/mol. The standard InChI is InChI=1S/C24H35F3N2O/c1-23(2,3)20-8-6-19(7-9-20)21-5-4-14-29(21)22(30)17-28-15-11-18(12-16-28)10-13-24(25,26)27/h6-9,18,21H,4-5,10-17H2,1-3H3. The maximum atomic E-state index is 13.0. The first-order valence-corrected chi connectivity index (χ1v) is 11.2. The van der Waals surface area contributed by atoms with E-state index in [0.717, 1.165) is 32.2 Å². The van der Waals surface area contributed by atoms with E-state index in [2.05, 4.69) is 49.9 Å². The molecule has 0 aromatic heterocycles. The molecule has 0 saturated carbocycles. The lowest BCUT2D eigenvalue weighted by molar-refractivity contribution is -0.138. The first-order chi connectivity index (χ1) is 14.0. The molecule has 0 radical (unpaired) electrons. The van der Waals surface area contributed by atoms with E-state index < -0.39 is 12.6 Å². The second-order valence-corrected chi connectivity index (χ2v) is 9.99. The number of likely N-dealkylation sites (tertiary alicyclic amines) is 2. The summed E-state index contributed by atoms with van der Waals surface area (Å²) in [4.78, 5) is 17.1. The van der Waals surface area contributed by atoms with Crippen molar-refractivity contribution in [2.24, 2.45) is 5.92 Å². The van der Waals surface area contributed by atoms with Crippen molar-refractivity contribution >= 4 is 5.91 Å². The van der Waals surface area contributed by atoms with Gasteiger partial charge in [-0.2, -0.15) is 13.2 Å². The Balaban J connectivity index is 1.52. The van der Waals surface area contributed by atoms with Crippen LogP contribution in [0.15, 0.2) is 24.3 Å². The highest BCUT2D eigenvalue weighted by molar-refractivity contribution is 5.79. The van der Waals surface area contributed by atoms with Gasteiger partial charge in [0.2, 0.25) is 5.91 Å². The van der Waals surface area contributed by atoms with Crippen LogP contribution in [0.4, 0.5) is 13.2 Å². The van der Waals surface area contributed by atoms with Crippen LogP contribution in [0, 0.1) is 5.92 Å². The molecule has 0 aliphatic carbocycles. The summed E-state index contributed by atoms with van der Waals surface area (Å²) >= 11 is 0. The number of amides is 1. The van der Waals surface area contributed by atoms with Crippen molar-refractivity contribution in [1.29, 1.82) is 0 Å². The molecule has 30 heavy (non-hydrogen) atoms. The summed E-state index contributed by atoms with van der Waals surface area (Å²) in [7, 11) is 0. The summed E-state index contributed by atoms with van der Waals surface area (Å²) in [5.41, 5.74) is 2.59. The van der Waals surface area contributed by atoms with Crippen LogP contribution < -0.4 is 0 Å². The fraction of sp³-hybridized carbons (Fsp3) is 0.708. The SMILES string of the molecule is CC(C)(C)c1ccc(C2CCCN2C(=O)CN2CCC(CCC(F)(F)F)CC2)cc1. The van der Waals surface area contributed by atoms with Crippen molar-refractivity contribution in [2.45, 2.75) is 76.9 Å². The highest BCUT2D eigenvalue weighted by Crippen LogP contribution is 2.34. The Morgan fingerprint density at radius 3 is 2.20 bits per heavy atom. The predicted octanol–water partition coefficient (Wildman–Crippen LogP) is 5.70. The Labute approximate surface area is 178 Å². The molecule has 2 aliphatic rings. The van der Waals surface area contributed by atoms with E-state index in [1.165, 1.54) is 11.1 Å². The van der Waals surface area contributed by atoms with E-state index in [0.29, 0.717) is 19.6 Å². The molecule has 0 N–H and O–H groups in total. The highest BCUT2D eigenvalue weighted by atomic mass is 19.4. The third-order valence-electron chi connectivity index (χ3n) is 6.64. The molecule has 2 heterocycles. The van der Waals surface area contributed by atoms with Gasteiger partial charge in [0.15, 0.2) is 0 Å². The van der Waals surface area contributed by atoms with Gasteiger partial charge in [-0.1, -0.05) is 45.0 Å². The van der Waals surface area contributed by atoms with E-state index in [1.54, 1.807) is 0 Å². The summed E-state index contributed by atoms with van der Waals surface area (Å²) in [6, 6.07) is 8.78. The Morgan fingerprint density at radius 1 is 1.00 bits per heavy atom. The number of carbonyl (C=O) groups is 1. The fourth-order valence-corrected chi connectivity index (χ4v) is 4.70. The van der Waals surface area contributed by atoms with E-state index in [-0.39, 0.29) is 29.7 Å². The van der Waals surface area contributed by atoms with Crippen LogP contribution >= 0.6 is 0 Å². The van der Waals surface area contributed by atoms with Gasteiger partial charge in [-0.25, -0.2) is 0 Å². The van der Waals surface area contributed by atoms with Crippen LogP contribution in [0.25, 0.3) is 0 Å². The molecule has 3 rings (SSSR count). The first kappa shape index (κ1) is 23.1. The van der Waals surface area contributed by atoms with Crippen molar-refractivity contribution in [1.82, 2.24) is 9.80 Å². The number of rotatable bonds is 5. The molecule has 1 atom stereocenters. The molecular formula is C24H35F3N2O. The maximum absolute atomic E-state index is 13.0.